The van der Waals surface area contributed by atoms with Crippen molar-refractivity contribution >= 4 is 11.8 Å². The Morgan fingerprint density at radius 1 is 0.588 bits per heavy atom. The summed E-state index contributed by atoms with van der Waals surface area (Å²) in [5.41, 5.74) is 7.17. The molecule has 0 radical (unpaired) electrons. The van der Waals surface area contributed by atoms with E-state index in [2.05, 4.69) is 22.6 Å². The van der Waals surface area contributed by atoms with Crippen molar-refractivity contribution in [2.75, 3.05) is 0 Å². The minimum absolute atomic E-state index is 0.697. The first-order chi connectivity index (χ1) is 8.43. The summed E-state index contributed by atoms with van der Waals surface area (Å²) in [6.45, 7) is 0. The van der Waals surface area contributed by atoms with Gasteiger partial charge in [-0.2, -0.15) is 0 Å². The quantitative estimate of drug-likeness (QED) is 0.787. The van der Waals surface area contributed by atoms with Gasteiger partial charge in [0.15, 0.2) is 0 Å². The van der Waals surface area contributed by atoms with Gasteiger partial charge < -0.3 is 0 Å². The lowest BCUT2D eigenvalue weighted by Gasteiger charge is -2.28. The van der Waals surface area contributed by atoms with Crippen molar-refractivity contribution in [3.63, 3.8) is 0 Å². The van der Waals surface area contributed by atoms with E-state index in [4.69, 9.17) is 0 Å². The van der Waals surface area contributed by atoms with E-state index >= 15 is 0 Å². The van der Waals surface area contributed by atoms with E-state index in [0.29, 0.717) is 10.7 Å². The van der Waals surface area contributed by atoms with E-state index in [1.165, 1.54) is 64.2 Å². The second-order valence-corrected chi connectivity index (χ2v) is 7.35. The fourth-order valence-electron chi connectivity index (χ4n) is 3.72. The number of thioether (sulfide) groups is 1. The number of hydrogen-bond acceptors (Lipinski definition) is 3. The Balaban J connectivity index is 1.50. The summed E-state index contributed by atoms with van der Waals surface area (Å²) >= 11 is 2.20. The Hall–Kier alpha value is 0.270. The SMILES string of the molecule is C1CCC([C@@H]2NN[C@@H](C3CCCCC3)S2)CC1. The lowest BCUT2D eigenvalue weighted by Crippen LogP contribution is -2.39. The van der Waals surface area contributed by atoms with Gasteiger partial charge in [-0.3, -0.25) is 0 Å². The summed E-state index contributed by atoms with van der Waals surface area (Å²) in [6, 6.07) is 0. The van der Waals surface area contributed by atoms with Gasteiger partial charge in [0.1, 0.15) is 0 Å². The fourth-order valence-corrected chi connectivity index (χ4v) is 5.30. The van der Waals surface area contributed by atoms with E-state index in [1.807, 2.05) is 0 Å². The van der Waals surface area contributed by atoms with Crippen molar-refractivity contribution in [2.24, 2.45) is 11.8 Å². The third-order valence-corrected chi connectivity index (χ3v) is 6.41. The molecule has 3 heteroatoms. The first kappa shape index (κ1) is 12.3. The standard InChI is InChI=1S/C14H26N2S/c1-3-7-11(8-4-1)13-15-16-14(17-13)12-9-5-2-6-10-12/h11-16H,1-10H2/t13-,14-/m1/s1. The molecule has 3 fully saturated rings. The maximum Gasteiger partial charge on any atom is 0.0710 e. The zero-order valence-corrected chi connectivity index (χ0v) is 11.6. The molecule has 0 aromatic rings. The molecule has 2 atom stereocenters. The van der Waals surface area contributed by atoms with Crippen LogP contribution in [0.2, 0.25) is 0 Å². The average molecular weight is 254 g/mol. The van der Waals surface area contributed by atoms with Crippen LogP contribution >= 0.6 is 11.8 Å². The molecule has 2 saturated carbocycles. The second-order valence-electron chi connectivity index (χ2n) is 6.06. The van der Waals surface area contributed by atoms with Crippen molar-refractivity contribution in [3.8, 4) is 0 Å². The van der Waals surface area contributed by atoms with E-state index in [-0.39, 0.29) is 0 Å². The van der Waals surface area contributed by atoms with Crippen LogP contribution in [0.15, 0.2) is 0 Å². The van der Waals surface area contributed by atoms with Gasteiger partial charge in [-0.25, -0.2) is 10.9 Å². The Kier molecular flexibility index (Phi) is 4.30. The molecule has 2 aliphatic carbocycles. The van der Waals surface area contributed by atoms with Gasteiger partial charge in [0.05, 0.1) is 10.7 Å². The molecule has 0 amide bonds. The number of rotatable bonds is 2. The van der Waals surface area contributed by atoms with Crippen molar-refractivity contribution in [1.29, 1.82) is 0 Å². The molecule has 98 valence electrons. The molecule has 0 spiro atoms. The summed E-state index contributed by atoms with van der Waals surface area (Å²) in [5.74, 6) is 1.85. The van der Waals surface area contributed by atoms with Gasteiger partial charge in [0, 0.05) is 0 Å². The Morgan fingerprint density at radius 3 is 1.41 bits per heavy atom. The minimum atomic E-state index is 0.697. The highest BCUT2D eigenvalue weighted by Gasteiger charge is 2.35. The van der Waals surface area contributed by atoms with Crippen LogP contribution in [0.1, 0.15) is 64.2 Å². The van der Waals surface area contributed by atoms with Gasteiger partial charge in [0.25, 0.3) is 0 Å². The van der Waals surface area contributed by atoms with Crippen LogP contribution in [0, 0.1) is 11.8 Å². The van der Waals surface area contributed by atoms with Crippen molar-refractivity contribution < 1.29 is 0 Å². The zero-order valence-electron chi connectivity index (χ0n) is 10.8. The van der Waals surface area contributed by atoms with E-state index in [1.54, 1.807) is 0 Å². The van der Waals surface area contributed by atoms with E-state index < -0.39 is 0 Å². The summed E-state index contributed by atoms with van der Waals surface area (Å²) in [7, 11) is 0. The molecule has 17 heavy (non-hydrogen) atoms. The lowest BCUT2D eigenvalue weighted by molar-refractivity contribution is 0.291. The van der Waals surface area contributed by atoms with Gasteiger partial charge >= 0.3 is 0 Å². The van der Waals surface area contributed by atoms with Crippen LogP contribution in [-0.4, -0.2) is 10.7 Å². The predicted octanol–water partition coefficient (Wildman–Crippen LogP) is 3.64. The molecule has 1 saturated heterocycles. The molecule has 0 unspecified atom stereocenters. The molecule has 0 bridgehead atoms. The van der Waals surface area contributed by atoms with E-state index in [0.717, 1.165) is 11.8 Å². The molecule has 2 N–H and O–H groups in total. The number of nitrogens with one attached hydrogen (secondary N) is 2. The number of hydrazine groups is 1. The zero-order chi connectivity index (χ0) is 11.5. The fraction of sp³-hybridized carbons (Fsp3) is 1.00. The Labute approximate surface area is 110 Å². The van der Waals surface area contributed by atoms with Gasteiger partial charge in [-0.05, 0) is 37.5 Å². The molecular weight excluding hydrogens is 228 g/mol. The highest BCUT2D eigenvalue weighted by atomic mass is 32.2. The average Bonchev–Trinajstić information content (AvgIpc) is 2.90. The summed E-state index contributed by atoms with van der Waals surface area (Å²) in [5, 5.41) is 1.39. The third kappa shape index (κ3) is 2.99. The highest BCUT2D eigenvalue weighted by Crippen LogP contribution is 2.39. The molecule has 0 aromatic carbocycles. The van der Waals surface area contributed by atoms with Crippen LogP contribution in [0.25, 0.3) is 0 Å². The van der Waals surface area contributed by atoms with E-state index in [9.17, 15) is 0 Å². The maximum absolute atomic E-state index is 3.59. The minimum Gasteiger partial charge on any atom is -0.243 e. The first-order valence-electron chi connectivity index (χ1n) is 7.60. The molecular formula is C14H26N2S. The summed E-state index contributed by atoms with van der Waals surface area (Å²) < 4.78 is 0. The van der Waals surface area contributed by atoms with Crippen LogP contribution in [0.3, 0.4) is 0 Å². The first-order valence-corrected chi connectivity index (χ1v) is 8.54. The normalized spacial score (nSPS) is 37.4. The van der Waals surface area contributed by atoms with Gasteiger partial charge in [-0.1, -0.05) is 38.5 Å². The van der Waals surface area contributed by atoms with Crippen molar-refractivity contribution in [2.45, 2.75) is 75.0 Å². The molecule has 0 aromatic heterocycles. The monoisotopic (exact) mass is 254 g/mol. The molecule has 3 aliphatic rings. The van der Waals surface area contributed by atoms with Gasteiger partial charge in [0.2, 0.25) is 0 Å². The van der Waals surface area contributed by atoms with Crippen LogP contribution in [-0.2, 0) is 0 Å². The lowest BCUT2D eigenvalue weighted by atomic mass is 9.89. The van der Waals surface area contributed by atoms with Crippen molar-refractivity contribution in [1.82, 2.24) is 10.9 Å². The van der Waals surface area contributed by atoms with Crippen LogP contribution in [0.5, 0.6) is 0 Å². The molecule has 1 aliphatic heterocycles. The molecule has 3 rings (SSSR count). The smallest absolute Gasteiger partial charge is 0.0710 e. The highest BCUT2D eigenvalue weighted by molar-refractivity contribution is 8.00. The predicted molar refractivity (Wildman–Crippen MR) is 74.6 cm³/mol. The van der Waals surface area contributed by atoms with Crippen LogP contribution in [0.4, 0.5) is 0 Å². The summed E-state index contributed by atoms with van der Waals surface area (Å²) in [6.07, 6.45) is 14.5. The number of hydrogen-bond donors (Lipinski definition) is 2. The maximum atomic E-state index is 3.59. The molecule has 2 nitrogen and oxygen atoms in total. The third-order valence-electron chi connectivity index (χ3n) is 4.82. The summed E-state index contributed by atoms with van der Waals surface area (Å²) in [4.78, 5) is 0. The Bertz CT molecular complexity index is 210. The Morgan fingerprint density at radius 2 is 1.00 bits per heavy atom. The van der Waals surface area contributed by atoms with Gasteiger partial charge in [-0.15, -0.1) is 11.8 Å². The van der Waals surface area contributed by atoms with Crippen LogP contribution < -0.4 is 10.9 Å². The van der Waals surface area contributed by atoms with Crippen molar-refractivity contribution in [3.05, 3.63) is 0 Å². The molecule has 1 heterocycles. The second kappa shape index (κ2) is 5.94. The topological polar surface area (TPSA) is 24.1 Å². The largest absolute Gasteiger partial charge is 0.243 e.